The van der Waals surface area contributed by atoms with Crippen molar-refractivity contribution in [1.29, 1.82) is 0 Å². The second kappa shape index (κ2) is 5.61. The molecule has 1 amide bonds. The second-order valence-electron chi connectivity index (χ2n) is 4.94. The summed E-state index contributed by atoms with van der Waals surface area (Å²) >= 11 is 6.24. The highest BCUT2D eigenvalue weighted by atomic mass is 35.5. The average Bonchev–Trinajstić information content (AvgIpc) is 2.37. The van der Waals surface area contributed by atoms with Gasteiger partial charge in [0.15, 0.2) is 0 Å². The van der Waals surface area contributed by atoms with E-state index in [9.17, 15) is 4.79 Å². The fourth-order valence-corrected chi connectivity index (χ4v) is 2.14. The van der Waals surface area contributed by atoms with Crippen LogP contribution in [0.1, 0.15) is 25.3 Å². The number of nitrogens with zero attached hydrogens (tertiary/aromatic N) is 1. The van der Waals surface area contributed by atoms with Gasteiger partial charge >= 0.3 is 6.09 Å². The van der Waals surface area contributed by atoms with Gasteiger partial charge in [0.25, 0.3) is 0 Å². The smallest absolute Gasteiger partial charge is 0.410 e. The zero-order valence-corrected chi connectivity index (χ0v) is 11.3. The van der Waals surface area contributed by atoms with Crippen LogP contribution < -0.4 is 0 Å². The molecule has 0 radical (unpaired) electrons. The van der Waals surface area contributed by atoms with Crippen LogP contribution >= 0.6 is 11.6 Å². The molecule has 1 aromatic rings. The number of hydrogen-bond donors (Lipinski definition) is 0. The van der Waals surface area contributed by atoms with Crippen molar-refractivity contribution in [2.24, 2.45) is 0 Å². The van der Waals surface area contributed by atoms with E-state index in [1.54, 1.807) is 4.90 Å². The molecule has 0 atom stereocenters. The van der Waals surface area contributed by atoms with Crippen LogP contribution in [0.4, 0.5) is 4.79 Å². The number of halogens is 1. The van der Waals surface area contributed by atoms with Gasteiger partial charge in [-0.2, -0.15) is 0 Å². The third-order valence-electron chi connectivity index (χ3n) is 3.27. The van der Waals surface area contributed by atoms with Crippen molar-refractivity contribution >= 4 is 17.7 Å². The minimum atomic E-state index is -0.244. The predicted octanol–water partition coefficient (Wildman–Crippen LogP) is 3.42. The van der Waals surface area contributed by atoms with Gasteiger partial charge in [0.05, 0.1) is 0 Å². The molecule has 0 spiro atoms. The van der Waals surface area contributed by atoms with Crippen molar-refractivity contribution in [3.63, 3.8) is 0 Å². The van der Waals surface area contributed by atoms with Gasteiger partial charge in [0, 0.05) is 18.0 Å². The molecule has 0 saturated carbocycles. The van der Waals surface area contributed by atoms with Crippen LogP contribution in [0, 0.1) is 0 Å². The zero-order valence-electron chi connectivity index (χ0n) is 10.6. The molecular formula is C14H18ClNO2. The lowest BCUT2D eigenvalue weighted by Gasteiger charge is -2.34. The zero-order chi connectivity index (χ0) is 13.0. The number of piperidine rings is 1. The van der Waals surface area contributed by atoms with Gasteiger partial charge in [-0.25, -0.2) is 4.79 Å². The number of alkyl halides is 1. The number of carbonyl (C=O) groups is 1. The molecule has 0 N–H and O–H groups in total. The van der Waals surface area contributed by atoms with Crippen molar-refractivity contribution in [2.45, 2.75) is 31.2 Å². The molecule has 0 bridgehead atoms. The predicted molar refractivity (Wildman–Crippen MR) is 71.7 cm³/mol. The molecule has 1 aliphatic heterocycles. The lowest BCUT2D eigenvalue weighted by Crippen LogP contribution is -2.43. The quantitative estimate of drug-likeness (QED) is 0.769. The van der Waals surface area contributed by atoms with E-state index in [0.717, 1.165) is 18.4 Å². The summed E-state index contributed by atoms with van der Waals surface area (Å²) in [5.74, 6) is 0. The van der Waals surface area contributed by atoms with Gasteiger partial charge in [0.2, 0.25) is 0 Å². The Morgan fingerprint density at radius 2 is 1.94 bits per heavy atom. The van der Waals surface area contributed by atoms with E-state index in [1.165, 1.54) is 0 Å². The lowest BCUT2D eigenvalue weighted by molar-refractivity contribution is 0.0858. The van der Waals surface area contributed by atoms with E-state index in [0.29, 0.717) is 19.7 Å². The van der Waals surface area contributed by atoms with Crippen molar-refractivity contribution in [3.05, 3.63) is 35.9 Å². The number of carbonyl (C=O) groups excluding carboxylic acids is 1. The van der Waals surface area contributed by atoms with Crippen molar-refractivity contribution in [2.75, 3.05) is 13.1 Å². The van der Waals surface area contributed by atoms with E-state index in [2.05, 4.69) is 0 Å². The Kier molecular flexibility index (Phi) is 4.12. The van der Waals surface area contributed by atoms with Gasteiger partial charge in [-0.05, 0) is 25.3 Å². The maximum Gasteiger partial charge on any atom is 0.410 e. The van der Waals surface area contributed by atoms with E-state index in [4.69, 9.17) is 16.3 Å². The lowest BCUT2D eigenvalue weighted by atomic mass is 9.98. The normalized spacial score (nSPS) is 18.4. The van der Waals surface area contributed by atoms with Gasteiger partial charge < -0.3 is 9.64 Å². The summed E-state index contributed by atoms with van der Waals surface area (Å²) in [6, 6.07) is 9.70. The third kappa shape index (κ3) is 3.64. The summed E-state index contributed by atoms with van der Waals surface area (Å²) in [7, 11) is 0. The maximum atomic E-state index is 11.8. The topological polar surface area (TPSA) is 29.5 Å². The number of ether oxygens (including phenoxy) is 1. The first-order chi connectivity index (χ1) is 8.57. The SMILES string of the molecule is CC1(Cl)CCN(C(=O)OCc2ccccc2)CC1. The molecule has 1 heterocycles. The van der Waals surface area contributed by atoms with Crippen LogP contribution in [0.5, 0.6) is 0 Å². The number of hydrogen-bond acceptors (Lipinski definition) is 2. The maximum absolute atomic E-state index is 11.8. The van der Waals surface area contributed by atoms with Gasteiger partial charge in [-0.1, -0.05) is 30.3 Å². The van der Waals surface area contributed by atoms with Crippen LogP contribution in [-0.4, -0.2) is 29.0 Å². The Morgan fingerprint density at radius 3 is 2.56 bits per heavy atom. The largest absolute Gasteiger partial charge is 0.445 e. The third-order valence-corrected chi connectivity index (χ3v) is 3.65. The van der Waals surface area contributed by atoms with Gasteiger partial charge in [-0.3, -0.25) is 0 Å². The summed E-state index contributed by atoms with van der Waals surface area (Å²) in [5.41, 5.74) is 1.00. The number of amides is 1. The molecule has 18 heavy (non-hydrogen) atoms. The second-order valence-corrected chi connectivity index (χ2v) is 5.85. The summed E-state index contributed by atoms with van der Waals surface area (Å²) in [6.45, 7) is 3.69. The summed E-state index contributed by atoms with van der Waals surface area (Å²) in [6.07, 6.45) is 1.38. The van der Waals surface area contributed by atoms with Crippen LogP contribution in [0.2, 0.25) is 0 Å². The molecule has 4 heteroatoms. The van der Waals surface area contributed by atoms with Crippen LogP contribution in [-0.2, 0) is 11.3 Å². The summed E-state index contributed by atoms with van der Waals surface area (Å²) in [5, 5.41) is 0. The van der Waals surface area contributed by atoms with Crippen LogP contribution in [0.15, 0.2) is 30.3 Å². The molecule has 1 fully saturated rings. The van der Waals surface area contributed by atoms with E-state index < -0.39 is 0 Å². The van der Waals surface area contributed by atoms with Crippen LogP contribution in [0.3, 0.4) is 0 Å². The molecule has 98 valence electrons. The first-order valence-electron chi connectivity index (χ1n) is 6.21. The summed E-state index contributed by atoms with van der Waals surface area (Å²) in [4.78, 5) is 13.4. The van der Waals surface area contributed by atoms with E-state index >= 15 is 0 Å². The van der Waals surface area contributed by atoms with Crippen molar-refractivity contribution < 1.29 is 9.53 Å². The standard InChI is InChI=1S/C14H18ClNO2/c1-14(15)7-9-16(10-8-14)13(17)18-11-12-5-3-2-4-6-12/h2-6H,7-11H2,1H3. The molecule has 0 aliphatic carbocycles. The number of likely N-dealkylation sites (tertiary alicyclic amines) is 1. The highest BCUT2D eigenvalue weighted by molar-refractivity contribution is 6.23. The number of benzene rings is 1. The molecular weight excluding hydrogens is 250 g/mol. The van der Waals surface area contributed by atoms with Crippen molar-refractivity contribution in [3.8, 4) is 0 Å². The Labute approximate surface area is 113 Å². The van der Waals surface area contributed by atoms with Gasteiger partial charge in [0.1, 0.15) is 6.61 Å². The first-order valence-corrected chi connectivity index (χ1v) is 6.59. The molecule has 3 nitrogen and oxygen atoms in total. The Balaban J connectivity index is 1.79. The fourth-order valence-electron chi connectivity index (χ4n) is 1.97. The Bertz CT molecular complexity index is 396. The molecule has 0 aromatic heterocycles. The van der Waals surface area contributed by atoms with Gasteiger partial charge in [-0.15, -0.1) is 11.6 Å². The first kappa shape index (κ1) is 13.2. The fraction of sp³-hybridized carbons (Fsp3) is 0.500. The highest BCUT2D eigenvalue weighted by Crippen LogP contribution is 2.28. The Morgan fingerprint density at radius 1 is 1.33 bits per heavy atom. The molecule has 1 saturated heterocycles. The van der Waals surface area contributed by atoms with Crippen LogP contribution in [0.25, 0.3) is 0 Å². The monoisotopic (exact) mass is 267 g/mol. The average molecular weight is 268 g/mol. The highest BCUT2D eigenvalue weighted by Gasteiger charge is 2.30. The molecule has 0 unspecified atom stereocenters. The van der Waals surface area contributed by atoms with Crippen molar-refractivity contribution in [1.82, 2.24) is 4.90 Å². The minimum absolute atomic E-state index is 0.170. The van der Waals surface area contributed by atoms with E-state index in [1.807, 2.05) is 37.3 Å². The Hall–Kier alpha value is -1.22. The molecule has 1 aromatic carbocycles. The number of rotatable bonds is 2. The minimum Gasteiger partial charge on any atom is -0.445 e. The van der Waals surface area contributed by atoms with E-state index in [-0.39, 0.29) is 11.0 Å². The molecule has 2 rings (SSSR count). The molecule has 1 aliphatic rings. The summed E-state index contributed by atoms with van der Waals surface area (Å²) < 4.78 is 5.28.